The average molecular weight is 410 g/mol. The number of likely N-dealkylation sites (N-methyl/N-ethyl adjacent to an activating group) is 1. The molecular weight excluding hydrogens is 378 g/mol. The summed E-state index contributed by atoms with van der Waals surface area (Å²) in [5, 5.41) is 13.9. The summed E-state index contributed by atoms with van der Waals surface area (Å²) in [4.78, 5) is 30.6. The van der Waals surface area contributed by atoms with Gasteiger partial charge in [0.1, 0.15) is 0 Å². The number of rotatable bonds is 5. The molecule has 0 aliphatic heterocycles. The Kier molecular flexibility index (Phi) is 6.87. The van der Waals surface area contributed by atoms with Gasteiger partial charge in [-0.2, -0.15) is 0 Å². The minimum atomic E-state index is -0.626. The molecule has 1 saturated carbocycles. The number of hydrogen-bond donors (Lipinski definition) is 2. The molecule has 0 bridgehead atoms. The Morgan fingerprint density at radius 1 is 1.17 bits per heavy atom. The molecule has 1 fully saturated rings. The molecule has 0 unspecified atom stereocenters. The summed E-state index contributed by atoms with van der Waals surface area (Å²) in [6.45, 7) is 3.86. The van der Waals surface area contributed by atoms with Gasteiger partial charge in [0.25, 0.3) is 5.91 Å². The average Bonchev–Trinajstić information content (AvgIpc) is 2.92. The second kappa shape index (κ2) is 9.39. The molecule has 6 nitrogen and oxygen atoms in total. The second-order valence-electron chi connectivity index (χ2n) is 8.32. The summed E-state index contributed by atoms with van der Waals surface area (Å²) in [7, 11) is 1.76. The van der Waals surface area contributed by atoms with Gasteiger partial charge in [-0.25, -0.2) is 0 Å². The van der Waals surface area contributed by atoms with Crippen LogP contribution in [0.4, 0.5) is 0 Å². The van der Waals surface area contributed by atoms with Gasteiger partial charge >= 0.3 is 0 Å². The Bertz CT molecular complexity index is 886. The smallest absolute Gasteiger partial charge is 0.255 e. The van der Waals surface area contributed by atoms with Gasteiger partial charge in [-0.15, -0.1) is 0 Å². The summed E-state index contributed by atoms with van der Waals surface area (Å²) in [6.07, 6.45) is 3.76. The summed E-state index contributed by atoms with van der Waals surface area (Å²) >= 11 is 0. The lowest BCUT2D eigenvalue weighted by Gasteiger charge is -2.34. The quantitative estimate of drug-likeness (QED) is 0.744. The van der Waals surface area contributed by atoms with Crippen LogP contribution in [-0.2, 0) is 10.2 Å². The molecule has 1 aromatic heterocycles. The van der Waals surface area contributed by atoms with E-state index in [-0.39, 0.29) is 23.3 Å². The predicted molar refractivity (Wildman–Crippen MR) is 116 cm³/mol. The molecule has 0 spiro atoms. The molecule has 3 atom stereocenters. The number of pyridine rings is 1. The highest BCUT2D eigenvalue weighted by Gasteiger charge is 2.40. The van der Waals surface area contributed by atoms with E-state index in [1.54, 1.807) is 30.3 Å². The molecule has 6 heteroatoms. The fourth-order valence-corrected chi connectivity index (χ4v) is 4.51. The fraction of sp³-hybridized carbons (Fsp3) is 0.458. The zero-order valence-corrected chi connectivity index (χ0v) is 18.0. The van der Waals surface area contributed by atoms with Gasteiger partial charge < -0.3 is 15.3 Å². The Labute approximate surface area is 178 Å². The first-order valence-electron chi connectivity index (χ1n) is 10.5. The van der Waals surface area contributed by atoms with Crippen LogP contribution >= 0.6 is 0 Å². The first-order valence-corrected chi connectivity index (χ1v) is 10.5. The third-order valence-corrected chi connectivity index (χ3v) is 6.40. The molecule has 1 aliphatic carbocycles. The van der Waals surface area contributed by atoms with Crippen LogP contribution < -0.4 is 5.32 Å². The third-order valence-electron chi connectivity index (χ3n) is 6.40. The van der Waals surface area contributed by atoms with E-state index in [2.05, 4.69) is 22.4 Å². The van der Waals surface area contributed by atoms with Crippen LogP contribution in [0.25, 0.3) is 0 Å². The van der Waals surface area contributed by atoms with E-state index in [4.69, 9.17) is 0 Å². The standard InChI is InChI=1S/C24H31N3O3/c1-17-20(10-7-15-25-17)23(30)27(3)21-11-13-24(14-12-22(21)29,16-26-18(2)28)19-8-5-4-6-9-19/h4-10,15,21-22,29H,11-14,16H2,1-3H3,(H,26,28)/t21-,22-,24-/m1/s1. The maximum absolute atomic E-state index is 13.1. The largest absolute Gasteiger partial charge is 0.391 e. The zero-order valence-electron chi connectivity index (χ0n) is 18.0. The topological polar surface area (TPSA) is 82.5 Å². The van der Waals surface area contributed by atoms with Crippen molar-refractivity contribution in [2.75, 3.05) is 13.6 Å². The highest BCUT2D eigenvalue weighted by atomic mass is 16.3. The fourth-order valence-electron chi connectivity index (χ4n) is 4.51. The monoisotopic (exact) mass is 409 g/mol. The Morgan fingerprint density at radius 3 is 2.53 bits per heavy atom. The number of hydrogen-bond acceptors (Lipinski definition) is 4. The predicted octanol–water partition coefficient (Wildman–Crippen LogP) is 2.84. The second-order valence-corrected chi connectivity index (χ2v) is 8.32. The summed E-state index contributed by atoms with van der Waals surface area (Å²) < 4.78 is 0. The zero-order chi connectivity index (χ0) is 21.7. The van der Waals surface area contributed by atoms with Crippen LogP contribution in [-0.4, -0.2) is 52.5 Å². The van der Waals surface area contributed by atoms with E-state index in [9.17, 15) is 14.7 Å². The first kappa shape index (κ1) is 22.0. The summed E-state index contributed by atoms with van der Waals surface area (Å²) in [5.41, 5.74) is 2.13. The summed E-state index contributed by atoms with van der Waals surface area (Å²) in [5.74, 6) is -0.190. The van der Waals surface area contributed by atoms with Crippen molar-refractivity contribution in [1.82, 2.24) is 15.2 Å². The molecule has 1 heterocycles. The van der Waals surface area contributed by atoms with Crippen LogP contribution in [0.15, 0.2) is 48.7 Å². The normalized spacial score (nSPS) is 24.0. The van der Waals surface area contributed by atoms with Crippen LogP contribution in [0.1, 0.15) is 54.2 Å². The van der Waals surface area contributed by atoms with Crippen LogP contribution in [0, 0.1) is 6.92 Å². The minimum absolute atomic E-state index is 0.0639. The third kappa shape index (κ3) is 4.70. The van der Waals surface area contributed by atoms with Gasteiger partial charge in [0, 0.05) is 37.8 Å². The lowest BCUT2D eigenvalue weighted by Crippen LogP contribution is -2.44. The van der Waals surface area contributed by atoms with Crippen molar-refractivity contribution in [1.29, 1.82) is 0 Å². The maximum atomic E-state index is 13.1. The molecule has 160 valence electrons. The van der Waals surface area contributed by atoms with Crippen LogP contribution in [0.3, 0.4) is 0 Å². The van der Waals surface area contributed by atoms with Crippen LogP contribution in [0.2, 0.25) is 0 Å². The van der Waals surface area contributed by atoms with E-state index in [1.165, 1.54) is 6.92 Å². The first-order chi connectivity index (χ1) is 14.3. The highest BCUT2D eigenvalue weighted by Crippen LogP contribution is 2.39. The Morgan fingerprint density at radius 2 is 1.87 bits per heavy atom. The van der Waals surface area contributed by atoms with Crippen molar-refractivity contribution in [2.45, 2.75) is 57.1 Å². The molecule has 1 aromatic carbocycles. The van der Waals surface area contributed by atoms with Crippen LogP contribution in [0.5, 0.6) is 0 Å². The number of aryl methyl sites for hydroxylation is 1. The van der Waals surface area contributed by atoms with E-state index < -0.39 is 6.10 Å². The van der Waals surface area contributed by atoms with Crippen molar-refractivity contribution < 1.29 is 14.7 Å². The molecule has 2 aromatic rings. The van der Waals surface area contributed by atoms with Gasteiger partial charge in [0.15, 0.2) is 0 Å². The Balaban J connectivity index is 1.84. The summed E-state index contributed by atoms with van der Waals surface area (Å²) in [6, 6.07) is 13.4. The molecular formula is C24H31N3O3. The molecule has 30 heavy (non-hydrogen) atoms. The minimum Gasteiger partial charge on any atom is -0.391 e. The molecule has 2 amide bonds. The Hall–Kier alpha value is -2.73. The SMILES string of the molecule is CC(=O)NC[C@]1(c2ccccc2)CC[C@@H](O)[C@H](N(C)C(=O)c2cccnc2C)CC1. The molecule has 0 saturated heterocycles. The van der Waals surface area contributed by atoms with Crippen molar-refractivity contribution in [3.05, 3.63) is 65.5 Å². The maximum Gasteiger partial charge on any atom is 0.255 e. The van der Waals surface area contributed by atoms with E-state index in [1.807, 2.05) is 25.1 Å². The number of nitrogens with one attached hydrogen (secondary N) is 1. The van der Waals surface area contributed by atoms with Gasteiger partial charge in [-0.05, 0) is 50.3 Å². The molecule has 2 N–H and O–H groups in total. The van der Waals surface area contributed by atoms with Gasteiger partial charge in [-0.3, -0.25) is 14.6 Å². The van der Waals surface area contributed by atoms with Crippen molar-refractivity contribution >= 4 is 11.8 Å². The molecule has 0 radical (unpaired) electrons. The van der Waals surface area contributed by atoms with E-state index in [0.717, 1.165) is 18.4 Å². The molecule has 1 aliphatic rings. The number of carbonyl (C=O) groups is 2. The van der Waals surface area contributed by atoms with Gasteiger partial charge in [-0.1, -0.05) is 30.3 Å². The highest BCUT2D eigenvalue weighted by molar-refractivity contribution is 5.95. The van der Waals surface area contributed by atoms with E-state index in [0.29, 0.717) is 30.6 Å². The number of aliphatic hydroxyl groups excluding tert-OH is 1. The number of benzene rings is 1. The molecule has 3 rings (SSSR count). The number of amides is 2. The number of carbonyl (C=O) groups excluding carboxylic acids is 2. The van der Waals surface area contributed by atoms with E-state index >= 15 is 0 Å². The number of nitrogens with zero attached hydrogens (tertiary/aromatic N) is 2. The van der Waals surface area contributed by atoms with Gasteiger partial charge in [0.05, 0.1) is 17.7 Å². The van der Waals surface area contributed by atoms with Gasteiger partial charge in [0.2, 0.25) is 5.91 Å². The number of aromatic nitrogens is 1. The van der Waals surface area contributed by atoms with Crippen molar-refractivity contribution in [3.63, 3.8) is 0 Å². The lowest BCUT2D eigenvalue weighted by atomic mass is 9.74. The van der Waals surface area contributed by atoms with Crippen molar-refractivity contribution in [3.8, 4) is 0 Å². The van der Waals surface area contributed by atoms with Crippen molar-refractivity contribution in [2.24, 2.45) is 0 Å². The number of aliphatic hydroxyl groups is 1. The lowest BCUT2D eigenvalue weighted by molar-refractivity contribution is -0.119.